The fourth-order valence-corrected chi connectivity index (χ4v) is 3.35. The fourth-order valence-electron chi connectivity index (χ4n) is 1.89. The molecule has 16 heavy (non-hydrogen) atoms. The van der Waals surface area contributed by atoms with Crippen molar-refractivity contribution >= 4 is 32.4 Å². The van der Waals surface area contributed by atoms with Gasteiger partial charge in [-0.05, 0) is 6.42 Å². The second-order valence-electron chi connectivity index (χ2n) is 3.99. The summed E-state index contributed by atoms with van der Waals surface area (Å²) in [5.74, 6) is 0. The molecular weight excluding hydrogens is 286 g/mol. The number of rotatable bonds is 4. The summed E-state index contributed by atoms with van der Waals surface area (Å²) in [4.78, 5) is 9.55. The molecule has 1 aromatic rings. The molecule has 1 aromatic heterocycles. The van der Waals surface area contributed by atoms with Crippen LogP contribution in [0, 0.1) is 0 Å². The van der Waals surface area contributed by atoms with Crippen molar-refractivity contribution in [2.75, 3.05) is 43.0 Å². The number of anilines is 1. The quantitative estimate of drug-likeness (QED) is 0.795. The van der Waals surface area contributed by atoms with Crippen molar-refractivity contribution in [2.24, 2.45) is 0 Å². The normalized spacial score (nSPS) is 18.0. The van der Waals surface area contributed by atoms with Crippen molar-refractivity contribution in [1.82, 2.24) is 9.88 Å². The highest BCUT2D eigenvalue weighted by molar-refractivity contribution is 9.09. The van der Waals surface area contributed by atoms with E-state index in [1.54, 1.807) is 11.3 Å². The van der Waals surface area contributed by atoms with Crippen LogP contribution in [0.15, 0.2) is 5.38 Å². The van der Waals surface area contributed by atoms with E-state index in [1.165, 1.54) is 10.8 Å². The number of aryl methyl sites for hydroxylation is 1. The molecule has 1 fully saturated rings. The van der Waals surface area contributed by atoms with E-state index in [0.29, 0.717) is 0 Å². The first-order valence-corrected chi connectivity index (χ1v) is 7.81. The average molecular weight is 304 g/mol. The third-order valence-electron chi connectivity index (χ3n) is 2.95. The lowest BCUT2D eigenvalue weighted by Gasteiger charge is -2.34. The summed E-state index contributed by atoms with van der Waals surface area (Å²) in [5.41, 5.74) is 1.22. The second kappa shape index (κ2) is 5.98. The minimum atomic E-state index is 1.04. The maximum Gasteiger partial charge on any atom is 0.185 e. The third-order valence-corrected chi connectivity index (χ3v) is 4.25. The molecule has 0 saturated carbocycles. The maximum atomic E-state index is 4.64. The Morgan fingerprint density at radius 2 is 2.12 bits per heavy atom. The van der Waals surface area contributed by atoms with Crippen LogP contribution < -0.4 is 4.90 Å². The summed E-state index contributed by atoms with van der Waals surface area (Å²) in [6, 6.07) is 0. The molecule has 5 heteroatoms. The number of hydrogen-bond donors (Lipinski definition) is 0. The highest BCUT2D eigenvalue weighted by atomic mass is 79.9. The molecule has 0 unspecified atom stereocenters. The molecule has 1 saturated heterocycles. The largest absolute Gasteiger partial charge is 0.346 e. The Labute approximate surface area is 110 Å². The Morgan fingerprint density at radius 1 is 1.38 bits per heavy atom. The van der Waals surface area contributed by atoms with Crippen LogP contribution in [-0.2, 0) is 6.42 Å². The SMILES string of the molecule is CCc1csc(N2CCN(CCBr)CC2)n1. The van der Waals surface area contributed by atoms with Gasteiger partial charge in [0.05, 0.1) is 5.69 Å². The minimum absolute atomic E-state index is 1.04. The van der Waals surface area contributed by atoms with E-state index in [9.17, 15) is 0 Å². The molecule has 1 aliphatic heterocycles. The summed E-state index contributed by atoms with van der Waals surface area (Å²) in [6.45, 7) is 7.87. The van der Waals surface area contributed by atoms with Crippen molar-refractivity contribution in [3.8, 4) is 0 Å². The zero-order valence-corrected chi connectivity index (χ0v) is 12.1. The van der Waals surface area contributed by atoms with Gasteiger partial charge < -0.3 is 4.90 Å². The molecule has 3 nitrogen and oxygen atoms in total. The van der Waals surface area contributed by atoms with Gasteiger partial charge in [0.1, 0.15) is 0 Å². The molecule has 0 spiro atoms. The maximum absolute atomic E-state index is 4.64. The predicted octanol–water partition coefficient (Wildman–Crippen LogP) is 2.22. The van der Waals surface area contributed by atoms with E-state index in [1.807, 2.05) is 0 Å². The Kier molecular flexibility index (Phi) is 4.61. The summed E-state index contributed by atoms with van der Waals surface area (Å²) in [6.07, 6.45) is 1.04. The van der Waals surface area contributed by atoms with Crippen LogP contribution in [0.25, 0.3) is 0 Å². The first-order chi connectivity index (χ1) is 7.83. The Bertz CT molecular complexity index is 321. The predicted molar refractivity (Wildman–Crippen MR) is 73.9 cm³/mol. The van der Waals surface area contributed by atoms with Gasteiger partial charge in [-0.3, -0.25) is 4.90 Å². The van der Waals surface area contributed by atoms with Crippen LogP contribution in [0.2, 0.25) is 0 Å². The van der Waals surface area contributed by atoms with E-state index >= 15 is 0 Å². The van der Waals surface area contributed by atoms with Gasteiger partial charge in [-0.25, -0.2) is 4.98 Å². The van der Waals surface area contributed by atoms with Crippen LogP contribution in [0.3, 0.4) is 0 Å². The molecule has 1 aliphatic rings. The molecule has 0 bridgehead atoms. The first kappa shape index (κ1) is 12.3. The molecule has 0 atom stereocenters. The zero-order chi connectivity index (χ0) is 11.4. The molecule has 0 aromatic carbocycles. The smallest absolute Gasteiger partial charge is 0.185 e. The van der Waals surface area contributed by atoms with E-state index in [2.05, 4.69) is 43.0 Å². The van der Waals surface area contributed by atoms with Gasteiger partial charge in [0.25, 0.3) is 0 Å². The number of aromatic nitrogens is 1. The molecule has 2 heterocycles. The Balaban J connectivity index is 1.88. The van der Waals surface area contributed by atoms with Gasteiger partial charge in [-0.15, -0.1) is 11.3 Å². The Hall–Kier alpha value is -0.130. The van der Waals surface area contributed by atoms with Gasteiger partial charge >= 0.3 is 0 Å². The van der Waals surface area contributed by atoms with Crippen LogP contribution in [-0.4, -0.2) is 47.9 Å². The lowest BCUT2D eigenvalue weighted by atomic mass is 10.3. The van der Waals surface area contributed by atoms with Crippen molar-refractivity contribution in [1.29, 1.82) is 0 Å². The second-order valence-corrected chi connectivity index (χ2v) is 5.62. The van der Waals surface area contributed by atoms with E-state index in [4.69, 9.17) is 0 Å². The average Bonchev–Trinajstić information content (AvgIpc) is 2.79. The molecule has 0 N–H and O–H groups in total. The number of hydrogen-bond acceptors (Lipinski definition) is 4. The molecular formula is C11H18BrN3S. The van der Waals surface area contributed by atoms with Gasteiger partial charge in [0, 0.05) is 43.4 Å². The van der Waals surface area contributed by atoms with Crippen molar-refractivity contribution < 1.29 is 0 Å². The van der Waals surface area contributed by atoms with E-state index in [-0.39, 0.29) is 0 Å². The fraction of sp³-hybridized carbons (Fsp3) is 0.727. The monoisotopic (exact) mass is 303 g/mol. The molecule has 0 aliphatic carbocycles. The molecule has 0 amide bonds. The van der Waals surface area contributed by atoms with Gasteiger partial charge in [-0.2, -0.15) is 0 Å². The van der Waals surface area contributed by atoms with Gasteiger partial charge in [-0.1, -0.05) is 22.9 Å². The van der Waals surface area contributed by atoms with Crippen molar-refractivity contribution in [3.05, 3.63) is 11.1 Å². The summed E-state index contributed by atoms with van der Waals surface area (Å²) < 4.78 is 0. The number of thiazole rings is 1. The lowest BCUT2D eigenvalue weighted by Crippen LogP contribution is -2.46. The highest BCUT2D eigenvalue weighted by Crippen LogP contribution is 2.21. The molecule has 90 valence electrons. The van der Waals surface area contributed by atoms with Crippen molar-refractivity contribution in [2.45, 2.75) is 13.3 Å². The first-order valence-electron chi connectivity index (χ1n) is 5.81. The van der Waals surface area contributed by atoms with E-state index < -0.39 is 0 Å². The van der Waals surface area contributed by atoms with Crippen LogP contribution in [0.1, 0.15) is 12.6 Å². The van der Waals surface area contributed by atoms with E-state index in [0.717, 1.165) is 44.5 Å². The molecule has 2 rings (SSSR count). The number of piperazine rings is 1. The number of nitrogens with zero attached hydrogens (tertiary/aromatic N) is 3. The third kappa shape index (κ3) is 2.96. The van der Waals surface area contributed by atoms with Crippen molar-refractivity contribution in [3.63, 3.8) is 0 Å². The number of alkyl halides is 1. The van der Waals surface area contributed by atoms with Gasteiger partial charge in [0.2, 0.25) is 0 Å². The van der Waals surface area contributed by atoms with Gasteiger partial charge in [0.15, 0.2) is 5.13 Å². The summed E-state index contributed by atoms with van der Waals surface area (Å²) in [7, 11) is 0. The highest BCUT2D eigenvalue weighted by Gasteiger charge is 2.18. The minimum Gasteiger partial charge on any atom is -0.346 e. The summed E-state index contributed by atoms with van der Waals surface area (Å²) >= 11 is 5.27. The standard InChI is InChI=1S/C11H18BrN3S/c1-2-10-9-16-11(13-10)15-7-5-14(4-3-12)6-8-15/h9H,2-8H2,1H3. The lowest BCUT2D eigenvalue weighted by molar-refractivity contribution is 0.274. The van der Waals surface area contributed by atoms with Crippen LogP contribution in [0.4, 0.5) is 5.13 Å². The molecule has 0 radical (unpaired) electrons. The number of halogens is 1. The zero-order valence-electron chi connectivity index (χ0n) is 9.65. The van der Waals surface area contributed by atoms with Crippen LogP contribution >= 0.6 is 27.3 Å². The summed E-state index contributed by atoms with van der Waals surface area (Å²) in [5, 5.41) is 4.46. The van der Waals surface area contributed by atoms with Crippen LogP contribution in [0.5, 0.6) is 0 Å². The Morgan fingerprint density at radius 3 is 2.69 bits per heavy atom. The topological polar surface area (TPSA) is 19.4 Å².